The van der Waals surface area contributed by atoms with Gasteiger partial charge in [-0.15, -0.1) is 0 Å². The Kier molecular flexibility index (Phi) is 6.65. The Morgan fingerprint density at radius 1 is 0.833 bits per heavy atom. The van der Waals surface area contributed by atoms with Crippen LogP contribution in [0.2, 0.25) is 0 Å². The average molecular weight is 401 g/mol. The Balaban J connectivity index is 1.22. The van der Waals surface area contributed by atoms with Crippen LogP contribution in [0.15, 0.2) is 84.9 Å². The minimum Gasteiger partial charge on any atom is -0.489 e. The Bertz CT molecular complexity index is 918. The van der Waals surface area contributed by atoms with E-state index in [1.165, 1.54) is 5.69 Å². The number of anilines is 1. The molecule has 1 aliphatic rings. The molecule has 4 rings (SSSR count). The summed E-state index contributed by atoms with van der Waals surface area (Å²) >= 11 is 0. The zero-order chi connectivity index (χ0) is 20.6. The molecule has 0 radical (unpaired) electrons. The third-order valence-electron chi connectivity index (χ3n) is 5.52. The maximum atomic E-state index is 12.3. The summed E-state index contributed by atoms with van der Waals surface area (Å²) in [4.78, 5) is 14.7. The van der Waals surface area contributed by atoms with Crippen molar-refractivity contribution in [2.45, 2.75) is 31.9 Å². The molecule has 4 heteroatoms. The molecule has 154 valence electrons. The van der Waals surface area contributed by atoms with Crippen molar-refractivity contribution in [2.24, 2.45) is 0 Å². The minimum atomic E-state index is 0.111. The van der Waals surface area contributed by atoms with Gasteiger partial charge in [0, 0.05) is 24.8 Å². The zero-order valence-corrected chi connectivity index (χ0v) is 17.2. The van der Waals surface area contributed by atoms with Crippen LogP contribution in [-0.4, -0.2) is 25.0 Å². The maximum absolute atomic E-state index is 12.3. The number of rotatable bonds is 7. The fourth-order valence-electron chi connectivity index (χ4n) is 3.84. The van der Waals surface area contributed by atoms with Gasteiger partial charge < -0.3 is 15.0 Å². The predicted molar refractivity (Wildman–Crippen MR) is 121 cm³/mol. The minimum absolute atomic E-state index is 0.111. The van der Waals surface area contributed by atoms with Crippen LogP contribution < -0.4 is 15.0 Å². The smallest absolute Gasteiger partial charge is 0.224 e. The summed E-state index contributed by atoms with van der Waals surface area (Å²) < 4.78 is 5.88. The highest BCUT2D eigenvalue weighted by molar-refractivity contribution is 5.78. The van der Waals surface area contributed by atoms with Crippen LogP contribution in [0.25, 0.3) is 0 Å². The highest BCUT2D eigenvalue weighted by Gasteiger charge is 2.21. The second-order valence-corrected chi connectivity index (χ2v) is 7.76. The van der Waals surface area contributed by atoms with Gasteiger partial charge in [-0.3, -0.25) is 4.79 Å². The van der Waals surface area contributed by atoms with E-state index >= 15 is 0 Å². The van der Waals surface area contributed by atoms with Gasteiger partial charge in [0.1, 0.15) is 12.4 Å². The molecule has 1 amide bonds. The van der Waals surface area contributed by atoms with Crippen LogP contribution in [0.4, 0.5) is 5.69 Å². The van der Waals surface area contributed by atoms with Gasteiger partial charge in [0.15, 0.2) is 0 Å². The van der Waals surface area contributed by atoms with Gasteiger partial charge in [0.25, 0.3) is 0 Å². The Hall–Kier alpha value is -3.27. The maximum Gasteiger partial charge on any atom is 0.224 e. The summed E-state index contributed by atoms with van der Waals surface area (Å²) in [5, 5.41) is 3.20. The fourth-order valence-corrected chi connectivity index (χ4v) is 3.84. The number of nitrogens with one attached hydrogen (secondary N) is 1. The van der Waals surface area contributed by atoms with E-state index in [-0.39, 0.29) is 11.9 Å². The van der Waals surface area contributed by atoms with Crippen LogP contribution in [0.5, 0.6) is 5.75 Å². The van der Waals surface area contributed by atoms with E-state index in [0.717, 1.165) is 42.8 Å². The van der Waals surface area contributed by atoms with E-state index < -0.39 is 0 Å². The van der Waals surface area contributed by atoms with Crippen molar-refractivity contribution in [1.82, 2.24) is 5.32 Å². The molecule has 1 saturated heterocycles. The van der Waals surface area contributed by atoms with Crippen LogP contribution in [0.1, 0.15) is 24.0 Å². The molecule has 0 aliphatic carbocycles. The van der Waals surface area contributed by atoms with Crippen molar-refractivity contribution in [3.05, 3.63) is 96.1 Å². The molecule has 30 heavy (non-hydrogen) atoms. The zero-order valence-electron chi connectivity index (χ0n) is 17.2. The van der Waals surface area contributed by atoms with Crippen molar-refractivity contribution in [1.29, 1.82) is 0 Å². The first-order valence-electron chi connectivity index (χ1n) is 10.6. The standard InChI is InChI=1S/C26H28N2O2/c29-26(19-21-7-3-1-4-8-21)27-23-15-17-28(18-16-23)24-11-13-25(14-12-24)30-20-22-9-5-2-6-10-22/h1-14,23H,15-20H2,(H,27,29). The largest absolute Gasteiger partial charge is 0.489 e. The van der Waals surface area contributed by atoms with E-state index in [9.17, 15) is 4.79 Å². The van der Waals surface area contributed by atoms with Gasteiger partial charge in [-0.1, -0.05) is 60.7 Å². The van der Waals surface area contributed by atoms with E-state index in [4.69, 9.17) is 4.74 Å². The third kappa shape index (κ3) is 5.63. The van der Waals surface area contributed by atoms with Gasteiger partial charge >= 0.3 is 0 Å². The SMILES string of the molecule is O=C(Cc1ccccc1)NC1CCN(c2ccc(OCc3ccccc3)cc2)CC1. The fraction of sp³-hybridized carbons (Fsp3) is 0.269. The summed E-state index contributed by atoms with van der Waals surface area (Å²) in [7, 11) is 0. The van der Waals surface area contributed by atoms with Crippen LogP contribution in [-0.2, 0) is 17.8 Å². The molecule has 3 aromatic rings. The Labute approximate surface area is 178 Å². The number of carbonyl (C=O) groups excluding carboxylic acids is 1. The lowest BCUT2D eigenvalue weighted by Crippen LogP contribution is -2.45. The van der Waals surface area contributed by atoms with Gasteiger partial charge in [0.05, 0.1) is 6.42 Å². The number of carbonyl (C=O) groups is 1. The Morgan fingerprint density at radius 2 is 1.43 bits per heavy atom. The molecule has 0 atom stereocenters. The molecular weight excluding hydrogens is 372 g/mol. The number of hydrogen-bond acceptors (Lipinski definition) is 3. The summed E-state index contributed by atoms with van der Waals surface area (Å²) in [6.45, 7) is 2.47. The Morgan fingerprint density at radius 3 is 2.07 bits per heavy atom. The molecule has 1 heterocycles. The van der Waals surface area contributed by atoms with Crippen molar-refractivity contribution < 1.29 is 9.53 Å². The molecule has 4 nitrogen and oxygen atoms in total. The molecule has 1 aliphatic heterocycles. The van der Waals surface area contributed by atoms with Crippen molar-refractivity contribution >= 4 is 11.6 Å². The predicted octanol–water partition coefficient (Wildman–Crippen LogP) is 4.59. The quantitative estimate of drug-likeness (QED) is 0.631. The average Bonchev–Trinajstić information content (AvgIpc) is 2.80. The summed E-state index contributed by atoms with van der Waals surface area (Å²) in [5.41, 5.74) is 3.43. The molecular formula is C26H28N2O2. The number of amides is 1. The molecule has 0 unspecified atom stereocenters. The molecule has 1 N–H and O–H groups in total. The molecule has 1 fully saturated rings. The lowest BCUT2D eigenvalue weighted by Gasteiger charge is -2.34. The first-order valence-corrected chi connectivity index (χ1v) is 10.6. The van der Waals surface area contributed by atoms with E-state index in [2.05, 4.69) is 34.5 Å². The highest BCUT2D eigenvalue weighted by atomic mass is 16.5. The van der Waals surface area contributed by atoms with Crippen molar-refractivity contribution in [3.8, 4) is 5.75 Å². The number of piperidine rings is 1. The monoisotopic (exact) mass is 400 g/mol. The van der Waals surface area contributed by atoms with Crippen LogP contribution >= 0.6 is 0 Å². The van der Waals surface area contributed by atoms with Gasteiger partial charge in [0.2, 0.25) is 5.91 Å². The van der Waals surface area contributed by atoms with Crippen molar-refractivity contribution in [3.63, 3.8) is 0 Å². The van der Waals surface area contributed by atoms with E-state index in [1.54, 1.807) is 0 Å². The molecule has 0 spiro atoms. The number of nitrogens with zero attached hydrogens (tertiary/aromatic N) is 1. The first-order chi connectivity index (χ1) is 14.8. The van der Waals surface area contributed by atoms with Crippen LogP contribution in [0, 0.1) is 0 Å². The van der Waals surface area contributed by atoms with E-state index in [1.807, 2.05) is 60.7 Å². The first kappa shape index (κ1) is 20.0. The second kappa shape index (κ2) is 9.97. The van der Waals surface area contributed by atoms with Gasteiger partial charge in [-0.25, -0.2) is 0 Å². The van der Waals surface area contributed by atoms with Crippen molar-refractivity contribution in [2.75, 3.05) is 18.0 Å². The molecule has 3 aromatic carbocycles. The lowest BCUT2D eigenvalue weighted by molar-refractivity contribution is -0.121. The summed E-state index contributed by atoms with van der Waals surface area (Å²) in [6.07, 6.45) is 2.38. The second-order valence-electron chi connectivity index (χ2n) is 7.76. The molecule has 0 bridgehead atoms. The molecule has 0 aromatic heterocycles. The van der Waals surface area contributed by atoms with Crippen LogP contribution in [0.3, 0.4) is 0 Å². The highest BCUT2D eigenvalue weighted by Crippen LogP contribution is 2.23. The number of hydrogen-bond donors (Lipinski definition) is 1. The van der Waals surface area contributed by atoms with Gasteiger partial charge in [-0.05, 0) is 48.2 Å². The van der Waals surface area contributed by atoms with E-state index in [0.29, 0.717) is 13.0 Å². The topological polar surface area (TPSA) is 41.6 Å². The van der Waals surface area contributed by atoms with Gasteiger partial charge in [-0.2, -0.15) is 0 Å². The summed E-state index contributed by atoms with van der Waals surface area (Å²) in [5.74, 6) is 0.991. The third-order valence-corrected chi connectivity index (χ3v) is 5.52. The summed E-state index contributed by atoms with van der Waals surface area (Å²) in [6, 6.07) is 28.7. The number of benzene rings is 3. The lowest BCUT2D eigenvalue weighted by atomic mass is 10.0. The molecule has 0 saturated carbocycles. The number of ether oxygens (including phenoxy) is 1. The normalized spacial score (nSPS) is 14.3.